The molecule has 1 N–H and O–H groups in total. The van der Waals surface area contributed by atoms with Gasteiger partial charge in [0.05, 0.1) is 5.60 Å². The minimum Gasteiger partial charge on any atom is -0.395 e. The second kappa shape index (κ2) is 8.15. The number of nitrogens with zero attached hydrogens (tertiary/aromatic N) is 2. The van der Waals surface area contributed by atoms with Crippen LogP contribution in [0.4, 0.5) is 0 Å². The summed E-state index contributed by atoms with van der Waals surface area (Å²) in [6, 6.07) is 0. The van der Waals surface area contributed by atoms with Crippen molar-refractivity contribution < 1.29 is 9.94 Å². The molecule has 0 aromatic heterocycles. The highest BCUT2D eigenvalue weighted by molar-refractivity contribution is 5.56. The zero-order valence-electron chi connectivity index (χ0n) is 19.3. The fraction of sp³-hybridized carbons (Fsp3) is 0.960. The number of hydrogen-bond acceptors (Lipinski definition) is 4. The smallest absolute Gasteiger partial charge is 0.129 e. The molecule has 4 nitrogen and oxygen atoms in total. The molecule has 1 unspecified atom stereocenters. The first kappa shape index (κ1) is 21.6. The van der Waals surface area contributed by atoms with Gasteiger partial charge in [0.25, 0.3) is 0 Å². The maximum absolute atomic E-state index is 11.8. The summed E-state index contributed by atoms with van der Waals surface area (Å²) in [5, 5.41) is 16.0. The van der Waals surface area contributed by atoms with Gasteiger partial charge in [0.1, 0.15) is 6.61 Å². The first-order chi connectivity index (χ1) is 13.8. The van der Waals surface area contributed by atoms with Gasteiger partial charge < -0.3 is 14.8 Å². The van der Waals surface area contributed by atoms with E-state index in [-0.39, 0.29) is 11.0 Å². The highest BCUT2D eigenvalue weighted by Gasteiger charge is 2.64. The van der Waals surface area contributed by atoms with Crippen molar-refractivity contribution >= 4 is 6.21 Å². The van der Waals surface area contributed by atoms with E-state index >= 15 is 0 Å². The number of rotatable bonds is 6. The van der Waals surface area contributed by atoms with Gasteiger partial charge in [-0.25, -0.2) is 0 Å². The normalized spacial score (nSPS) is 47.1. The SMILES string of the molecule is CN(C)CCON=CCC1CC[C@@]2(C)[C@H](CC[C@@H]3[C@@H]2CC[C@]2(C)CCC[C@]32O)C1. The van der Waals surface area contributed by atoms with Crippen LogP contribution in [0.2, 0.25) is 0 Å². The topological polar surface area (TPSA) is 45.1 Å². The molecule has 0 heterocycles. The van der Waals surface area contributed by atoms with Gasteiger partial charge in [0.15, 0.2) is 0 Å². The molecule has 0 radical (unpaired) electrons. The summed E-state index contributed by atoms with van der Waals surface area (Å²) in [5.41, 5.74) is 0.257. The van der Waals surface area contributed by atoms with Gasteiger partial charge in [0, 0.05) is 12.8 Å². The average molecular weight is 405 g/mol. The van der Waals surface area contributed by atoms with Crippen LogP contribution in [-0.4, -0.2) is 49.1 Å². The molecule has 29 heavy (non-hydrogen) atoms. The van der Waals surface area contributed by atoms with Gasteiger partial charge in [-0.15, -0.1) is 0 Å². The summed E-state index contributed by atoms with van der Waals surface area (Å²) in [5.74, 6) is 2.88. The van der Waals surface area contributed by atoms with Gasteiger partial charge in [0.2, 0.25) is 0 Å². The van der Waals surface area contributed by atoms with Crippen molar-refractivity contribution in [2.45, 2.75) is 90.1 Å². The second-order valence-corrected chi connectivity index (χ2v) is 11.7. The highest BCUT2D eigenvalue weighted by atomic mass is 16.6. The minimum atomic E-state index is -0.378. The summed E-state index contributed by atoms with van der Waals surface area (Å²) in [6.07, 6.45) is 15.8. The largest absolute Gasteiger partial charge is 0.395 e. The summed E-state index contributed by atoms with van der Waals surface area (Å²) in [4.78, 5) is 7.51. The molecule has 0 aromatic rings. The van der Waals surface area contributed by atoms with Gasteiger partial charge in [-0.3, -0.25) is 0 Å². The van der Waals surface area contributed by atoms with Crippen LogP contribution in [0.5, 0.6) is 0 Å². The van der Waals surface area contributed by atoms with E-state index in [9.17, 15) is 5.11 Å². The first-order valence-electron chi connectivity index (χ1n) is 12.3. The Labute approximate surface area is 178 Å². The van der Waals surface area contributed by atoms with Crippen LogP contribution < -0.4 is 0 Å². The maximum atomic E-state index is 11.8. The monoisotopic (exact) mass is 404 g/mol. The Morgan fingerprint density at radius 2 is 1.86 bits per heavy atom. The molecular formula is C25H44N2O2. The van der Waals surface area contributed by atoms with E-state index in [2.05, 4.69) is 38.0 Å². The molecule has 4 heteroatoms. The fourth-order valence-electron chi connectivity index (χ4n) is 8.04. The fourth-order valence-corrected chi connectivity index (χ4v) is 8.04. The Morgan fingerprint density at radius 3 is 2.66 bits per heavy atom. The lowest BCUT2D eigenvalue weighted by molar-refractivity contribution is -0.200. The van der Waals surface area contributed by atoms with Crippen LogP contribution >= 0.6 is 0 Å². The Morgan fingerprint density at radius 1 is 1.03 bits per heavy atom. The number of aliphatic hydroxyl groups is 1. The number of oxime groups is 1. The van der Waals surface area contributed by atoms with Crippen molar-refractivity contribution in [3.63, 3.8) is 0 Å². The van der Waals surface area contributed by atoms with Crippen LogP contribution in [0.15, 0.2) is 5.16 Å². The number of fused-ring (bicyclic) bond motifs is 5. The molecule has 7 atom stereocenters. The lowest BCUT2D eigenvalue weighted by atomic mass is 9.43. The molecule has 4 aliphatic carbocycles. The Bertz CT molecular complexity index is 608. The van der Waals surface area contributed by atoms with Crippen LogP contribution in [0, 0.1) is 34.5 Å². The van der Waals surface area contributed by atoms with Gasteiger partial charge in [-0.1, -0.05) is 19.0 Å². The molecule has 0 amide bonds. The number of hydrogen-bond donors (Lipinski definition) is 1. The Hall–Kier alpha value is -0.610. The van der Waals surface area contributed by atoms with E-state index in [1.165, 1.54) is 57.8 Å². The van der Waals surface area contributed by atoms with Gasteiger partial charge >= 0.3 is 0 Å². The van der Waals surface area contributed by atoms with E-state index in [0.29, 0.717) is 17.9 Å². The first-order valence-corrected chi connectivity index (χ1v) is 12.3. The van der Waals surface area contributed by atoms with Crippen molar-refractivity contribution in [2.75, 3.05) is 27.2 Å². The van der Waals surface area contributed by atoms with Crippen LogP contribution in [0.3, 0.4) is 0 Å². The summed E-state index contributed by atoms with van der Waals surface area (Å²) in [6.45, 7) is 6.56. The predicted octanol–water partition coefficient (Wildman–Crippen LogP) is 5.10. The quantitative estimate of drug-likeness (QED) is 0.380. The van der Waals surface area contributed by atoms with E-state index < -0.39 is 0 Å². The molecular weight excluding hydrogens is 360 g/mol. The third-order valence-corrected chi connectivity index (χ3v) is 9.97. The van der Waals surface area contributed by atoms with E-state index in [0.717, 1.165) is 37.1 Å². The molecule has 4 aliphatic rings. The standard InChI is InChI=1S/C25H44N2O2/c1-23-11-5-12-25(23,28)22-7-6-20-18-19(10-15-26-29-17-16-27(3)4)8-14-24(20,2)21(22)9-13-23/h15,19-22,28H,5-14,16-18H2,1-4H3/t19?,20-,21+,22-,23+,24+,25+/m1/s1. The van der Waals surface area contributed by atoms with Gasteiger partial charge in [-0.05, 0) is 119 Å². The van der Waals surface area contributed by atoms with Crippen molar-refractivity contribution in [3.05, 3.63) is 0 Å². The Balaban J connectivity index is 1.35. The van der Waals surface area contributed by atoms with Crippen LogP contribution in [0.1, 0.15) is 84.5 Å². The van der Waals surface area contributed by atoms with E-state index in [1.807, 2.05) is 6.21 Å². The molecule has 0 spiro atoms. The Kier molecular flexibility index (Phi) is 6.07. The molecule has 4 saturated carbocycles. The van der Waals surface area contributed by atoms with Crippen molar-refractivity contribution in [1.29, 1.82) is 0 Å². The van der Waals surface area contributed by atoms with Crippen molar-refractivity contribution in [2.24, 2.45) is 39.7 Å². The summed E-state index contributed by atoms with van der Waals surface area (Å²) in [7, 11) is 4.11. The summed E-state index contributed by atoms with van der Waals surface area (Å²) < 4.78 is 0. The average Bonchev–Trinajstić information content (AvgIpc) is 2.99. The minimum absolute atomic E-state index is 0.192. The molecule has 166 valence electrons. The third-order valence-electron chi connectivity index (χ3n) is 9.97. The van der Waals surface area contributed by atoms with Gasteiger partial charge in [-0.2, -0.15) is 0 Å². The molecule has 0 aromatic carbocycles. The van der Waals surface area contributed by atoms with E-state index in [4.69, 9.17) is 4.84 Å². The zero-order valence-corrected chi connectivity index (χ0v) is 19.3. The third kappa shape index (κ3) is 3.78. The van der Waals surface area contributed by atoms with Crippen molar-refractivity contribution in [3.8, 4) is 0 Å². The van der Waals surface area contributed by atoms with Crippen LogP contribution in [-0.2, 0) is 4.84 Å². The number of likely N-dealkylation sites (N-methyl/N-ethyl adjacent to an activating group) is 1. The maximum Gasteiger partial charge on any atom is 0.129 e. The molecule has 0 bridgehead atoms. The second-order valence-electron chi connectivity index (χ2n) is 11.7. The molecule has 4 fully saturated rings. The zero-order chi connectivity index (χ0) is 20.7. The van der Waals surface area contributed by atoms with E-state index in [1.54, 1.807) is 0 Å². The van der Waals surface area contributed by atoms with Crippen LogP contribution in [0.25, 0.3) is 0 Å². The molecule has 0 aliphatic heterocycles. The predicted molar refractivity (Wildman–Crippen MR) is 119 cm³/mol. The molecule has 4 rings (SSSR count). The highest BCUT2D eigenvalue weighted by Crippen LogP contribution is 2.68. The lowest BCUT2D eigenvalue weighted by Gasteiger charge is -2.63. The summed E-state index contributed by atoms with van der Waals surface area (Å²) >= 11 is 0. The lowest BCUT2D eigenvalue weighted by Crippen LogP contribution is -2.61. The van der Waals surface area contributed by atoms with Crippen molar-refractivity contribution in [1.82, 2.24) is 4.90 Å². The molecule has 0 saturated heterocycles.